The molecule has 4 rings (SSSR count). The zero-order chi connectivity index (χ0) is 24.2. The number of hydrogen-bond donors (Lipinski definition) is 4. The van der Waals surface area contributed by atoms with E-state index >= 15 is 0 Å². The van der Waals surface area contributed by atoms with E-state index in [-0.39, 0.29) is 38.6 Å². The maximum absolute atomic E-state index is 12.7. The summed E-state index contributed by atoms with van der Waals surface area (Å²) in [4.78, 5) is 40.0. The second-order valence-corrected chi connectivity index (χ2v) is 8.10. The van der Waals surface area contributed by atoms with Crippen molar-refractivity contribution in [3.63, 3.8) is 0 Å². The average Bonchev–Trinajstić information content (AvgIpc) is 3.26. The lowest BCUT2D eigenvalue weighted by Gasteiger charge is -2.36. The molecule has 12 nitrogen and oxygen atoms in total. The Hall–Kier alpha value is -4.06. The molecule has 0 aromatic heterocycles. The van der Waals surface area contributed by atoms with Crippen molar-refractivity contribution in [3.05, 3.63) is 47.3 Å². The van der Waals surface area contributed by atoms with Gasteiger partial charge in [-0.3, -0.25) is 19.3 Å². The summed E-state index contributed by atoms with van der Waals surface area (Å²) in [6.07, 6.45) is 3.22. The van der Waals surface area contributed by atoms with Crippen LogP contribution in [0.3, 0.4) is 0 Å². The molecule has 3 aliphatic rings. The minimum absolute atomic E-state index is 0.0176. The lowest BCUT2D eigenvalue weighted by Crippen LogP contribution is -2.53. The van der Waals surface area contributed by atoms with Crippen molar-refractivity contribution in [3.8, 4) is 11.5 Å². The van der Waals surface area contributed by atoms with Gasteiger partial charge in [0, 0.05) is 25.2 Å². The number of piperazine rings is 1. The Kier molecular flexibility index (Phi) is 6.68. The van der Waals surface area contributed by atoms with Crippen molar-refractivity contribution in [2.24, 2.45) is 10.9 Å². The summed E-state index contributed by atoms with van der Waals surface area (Å²) in [6.45, 7) is 0.692. The standard InChI is InChI=1S/C22H25N5O7/c23-14-2-3-17(16(8-14)25-32)27-6-5-26(11-21(27)29)10-20(28)24-15(9-22(30)31)13-1-4-18-19(7-13)34-12-33-18/h1-4,7,15,32H,5-6,8-12,23H2,(H,24,28)(H,30,31). The predicted molar refractivity (Wildman–Crippen MR) is 118 cm³/mol. The highest BCUT2D eigenvalue weighted by Crippen LogP contribution is 2.34. The van der Waals surface area contributed by atoms with E-state index in [9.17, 15) is 24.7 Å². The number of nitrogens with one attached hydrogen (secondary N) is 1. The molecule has 0 spiro atoms. The van der Waals surface area contributed by atoms with Gasteiger partial charge in [0.15, 0.2) is 11.5 Å². The van der Waals surface area contributed by atoms with Gasteiger partial charge in [-0.15, -0.1) is 0 Å². The molecular weight excluding hydrogens is 446 g/mol. The van der Waals surface area contributed by atoms with Gasteiger partial charge in [-0.05, 0) is 29.8 Å². The van der Waals surface area contributed by atoms with Gasteiger partial charge in [-0.2, -0.15) is 0 Å². The number of carboxylic acids is 1. The van der Waals surface area contributed by atoms with Gasteiger partial charge in [0.05, 0.1) is 31.2 Å². The monoisotopic (exact) mass is 471 g/mol. The molecule has 1 saturated heterocycles. The topological polar surface area (TPSA) is 167 Å². The lowest BCUT2D eigenvalue weighted by atomic mass is 10.0. The molecule has 1 unspecified atom stereocenters. The molecule has 1 aromatic carbocycles. The maximum atomic E-state index is 12.7. The number of nitrogens with two attached hydrogens (primary N) is 1. The van der Waals surface area contributed by atoms with Crippen molar-refractivity contribution in [2.45, 2.75) is 18.9 Å². The van der Waals surface area contributed by atoms with Crippen molar-refractivity contribution in [1.29, 1.82) is 0 Å². The van der Waals surface area contributed by atoms with E-state index in [4.69, 9.17) is 15.2 Å². The van der Waals surface area contributed by atoms with Gasteiger partial charge in [-0.1, -0.05) is 11.2 Å². The van der Waals surface area contributed by atoms with Crippen LogP contribution in [0.2, 0.25) is 0 Å². The van der Waals surface area contributed by atoms with Crippen LogP contribution in [0.25, 0.3) is 0 Å². The van der Waals surface area contributed by atoms with Crippen molar-refractivity contribution >= 4 is 23.5 Å². The second kappa shape index (κ2) is 9.83. The quantitative estimate of drug-likeness (QED) is 0.320. The number of rotatable bonds is 7. The highest BCUT2D eigenvalue weighted by molar-refractivity contribution is 6.05. The van der Waals surface area contributed by atoms with E-state index in [1.54, 1.807) is 35.3 Å². The molecule has 2 amide bonds. The van der Waals surface area contributed by atoms with E-state index in [0.29, 0.717) is 47.3 Å². The number of carbonyl (C=O) groups excluding carboxylic acids is 2. The molecule has 0 bridgehead atoms. The third-order valence-electron chi connectivity index (χ3n) is 5.71. The Morgan fingerprint density at radius 1 is 1.21 bits per heavy atom. The zero-order valence-corrected chi connectivity index (χ0v) is 18.3. The SMILES string of the molecule is NC1=CC=C(N2CCN(CC(=O)NC(CC(=O)O)c3ccc4c(c3)OCO4)CC2=O)C(=NO)C1. The molecule has 1 fully saturated rings. The highest BCUT2D eigenvalue weighted by Gasteiger charge is 2.31. The van der Waals surface area contributed by atoms with E-state index in [1.807, 2.05) is 0 Å². The van der Waals surface area contributed by atoms with Gasteiger partial charge in [0.1, 0.15) is 5.71 Å². The van der Waals surface area contributed by atoms with Gasteiger partial charge >= 0.3 is 5.97 Å². The smallest absolute Gasteiger partial charge is 0.305 e. The van der Waals surface area contributed by atoms with Crippen molar-refractivity contribution < 1.29 is 34.2 Å². The van der Waals surface area contributed by atoms with Crippen LogP contribution in [0.4, 0.5) is 0 Å². The number of carbonyl (C=O) groups is 3. The number of allylic oxidation sites excluding steroid dienone is 4. The van der Waals surface area contributed by atoms with Crippen LogP contribution in [-0.2, 0) is 14.4 Å². The summed E-state index contributed by atoms with van der Waals surface area (Å²) in [6, 6.07) is 4.23. The second-order valence-electron chi connectivity index (χ2n) is 8.10. The predicted octanol–water partition coefficient (Wildman–Crippen LogP) is 0.152. The van der Waals surface area contributed by atoms with E-state index < -0.39 is 17.9 Å². The minimum Gasteiger partial charge on any atom is -0.481 e. The number of benzene rings is 1. The normalized spacial score (nSPS) is 20.1. The zero-order valence-electron chi connectivity index (χ0n) is 18.3. The Morgan fingerprint density at radius 2 is 2.00 bits per heavy atom. The van der Waals surface area contributed by atoms with Crippen LogP contribution < -0.4 is 20.5 Å². The fourth-order valence-corrected chi connectivity index (χ4v) is 4.07. The Balaban J connectivity index is 1.38. The first-order valence-electron chi connectivity index (χ1n) is 10.6. The molecule has 12 heteroatoms. The fourth-order valence-electron chi connectivity index (χ4n) is 4.07. The van der Waals surface area contributed by atoms with E-state index in [2.05, 4.69) is 10.5 Å². The number of oxime groups is 1. The number of aliphatic carboxylic acids is 1. The van der Waals surface area contributed by atoms with Crippen LogP contribution in [0.5, 0.6) is 11.5 Å². The summed E-state index contributed by atoms with van der Waals surface area (Å²) < 4.78 is 10.6. The van der Waals surface area contributed by atoms with Crippen molar-refractivity contribution in [2.75, 3.05) is 33.0 Å². The molecule has 0 radical (unpaired) electrons. The molecule has 2 aliphatic heterocycles. The molecule has 34 heavy (non-hydrogen) atoms. The first-order chi connectivity index (χ1) is 16.3. The molecule has 1 atom stereocenters. The first kappa shape index (κ1) is 23.1. The number of amides is 2. The van der Waals surface area contributed by atoms with E-state index in [1.165, 1.54) is 4.90 Å². The van der Waals surface area contributed by atoms with Crippen LogP contribution in [0, 0.1) is 0 Å². The Morgan fingerprint density at radius 3 is 2.74 bits per heavy atom. The summed E-state index contributed by atoms with van der Waals surface area (Å²) >= 11 is 0. The number of ether oxygens (including phenoxy) is 2. The molecule has 2 heterocycles. The maximum Gasteiger partial charge on any atom is 0.305 e. The Labute approximate surface area is 194 Å². The summed E-state index contributed by atoms with van der Waals surface area (Å²) in [7, 11) is 0. The van der Waals surface area contributed by atoms with Gasteiger partial charge in [-0.25, -0.2) is 0 Å². The largest absolute Gasteiger partial charge is 0.481 e. The average molecular weight is 471 g/mol. The molecule has 0 saturated carbocycles. The molecule has 1 aliphatic carbocycles. The number of hydrogen-bond acceptors (Lipinski definition) is 9. The number of fused-ring (bicyclic) bond motifs is 1. The summed E-state index contributed by atoms with van der Waals surface area (Å²) in [5.41, 5.74) is 7.65. The fraction of sp³-hybridized carbons (Fsp3) is 0.364. The van der Waals surface area contributed by atoms with Crippen LogP contribution in [0.1, 0.15) is 24.4 Å². The minimum atomic E-state index is -1.07. The van der Waals surface area contributed by atoms with Gasteiger partial charge in [0.2, 0.25) is 18.6 Å². The van der Waals surface area contributed by atoms with Gasteiger partial charge < -0.3 is 35.7 Å². The van der Waals surface area contributed by atoms with Crippen LogP contribution >= 0.6 is 0 Å². The lowest BCUT2D eigenvalue weighted by molar-refractivity contribution is -0.137. The van der Waals surface area contributed by atoms with E-state index in [0.717, 1.165) is 0 Å². The first-order valence-corrected chi connectivity index (χ1v) is 10.6. The number of nitrogens with zero attached hydrogens (tertiary/aromatic N) is 3. The number of carboxylic acid groups (broad SMARTS) is 1. The molecule has 180 valence electrons. The molecule has 5 N–H and O–H groups in total. The molecular formula is C22H25N5O7. The third-order valence-corrected chi connectivity index (χ3v) is 5.71. The van der Waals surface area contributed by atoms with Crippen LogP contribution in [0.15, 0.2) is 46.9 Å². The summed E-state index contributed by atoms with van der Waals surface area (Å²) in [5.74, 6) is -0.679. The Bertz CT molecular complexity index is 1100. The van der Waals surface area contributed by atoms with Gasteiger partial charge in [0.25, 0.3) is 0 Å². The third kappa shape index (κ3) is 5.12. The highest BCUT2D eigenvalue weighted by atomic mass is 16.7. The molecule has 1 aromatic rings. The van der Waals surface area contributed by atoms with Crippen molar-refractivity contribution in [1.82, 2.24) is 15.1 Å². The van der Waals surface area contributed by atoms with Crippen LogP contribution in [-0.4, -0.2) is 76.6 Å². The summed E-state index contributed by atoms with van der Waals surface area (Å²) in [5, 5.41) is 24.6.